The Bertz CT molecular complexity index is 545. The number of rotatable bonds is 1. The van der Waals surface area contributed by atoms with E-state index < -0.39 is 6.16 Å². The van der Waals surface area contributed by atoms with Crippen LogP contribution in [0.1, 0.15) is 11.4 Å². The van der Waals surface area contributed by atoms with E-state index >= 15 is 0 Å². The molecule has 16 heavy (non-hydrogen) atoms. The third-order valence-electron chi connectivity index (χ3n) is 2.24. The van der Waals surface area contributed by atoms with Crippen LogP contribution in [-0.4, -0.2) is 23.2 Å². The number of ether oxygens (including phenoxy) is 2. The molecule has 1 heterocycles. The summed E-state index contributed by atoms with van der Waals surface area (Å²) < 4.78 is 9.38. The van der Waals surface area contributed by atoms with Gasteiger partial charge in [-0.2, -0.15) is 0 Å². The Labute approximate surface area is 92.4 Å². The van der Waals surface area contributed by atoms with E-state index in [0.717, 1.165) is 22.4 Å². The molecule has 0 aliphatic rings. The number of nitrogens with one attached hydrogen (secondary N) is 1. The van der Waals surface area contributed by atoms with Crippen molar-refractivity contribution in [3.8, 4) is 5.75 Å². The standard InChI is InChI=1S/C11H12N2O3/c1-6-4-8(16-11(14)15-3)5-9-10(6)13-7(2)12-9/h4-5H,1-3H3,(H,12,13). The van der Waals surface area contributed by atoms with Crippen molar-refractivity contribution in [3.63, 3.8) is 0 Å². The topological polar surface area (TPSA) is 64.2 Å². The summed E-state index contributed by atoms with van der Waals surface area (Å²) in [7, 11) is 1.27. The van der Waals surface area contributed by atoms with Crippen molar-refractivity contribution in [2.24, 2.45) is 0 Å². The summed E-state index contributed by atoms with van der Waals surface area (Å²) >= 11 is 0. The van der Waals surface area contributed by atoms with E-state index in [4.69, 9.17) is 4.74 Å². The first kappa shape index (κ1) is 10.5. The number of nitrogens with zero attached hydrogens (tertiary/aromatic N) is 1. The van der Waals surface area contributed by atoms with Gasteiger partial charge in [0.1, 0.15) is 11.6 Å². The van der Waals surface area contributed by atoms with E-state index in [1.54, 1.807) is 12.1 Å². The Morgan fingerprint density at radius 2 is 2.12 bits per heavy atom. The minimum absolute atomic E-state index is 0.445. The van der Waals surface area contributed by atoms with Gasteiger partial charge in [-0.25, -0.2) is 9.78 Å². The van der Waals surface area contributed by atoms with Gasteiger partial charge < -0.3 is 14.5 Å². The largest absolute Gasteiger partial charge is 0.513 e. The minimum atomic E-state index is -0.727. The van der Waals surface area contributed by atoms with Gasteiger partial charge in [0.15, 0.2) is 0 Å². The molecule has 1 aromatic heterocycles. The lowest BCUT2D eigenvalue weighted by Crippen LogP contribution is -2.07. The molecule has 0 fully saturated rings. The quantitative estimate of drug-likeness (QED) is 0.591. The highest BCUT2D eigenvalue weighted by molar-refractivity contribution is 5.81. The molecule has 0 saturated carbocycles. The minimum Gasteiger partial charge on any atom is -0.437 e. The van der Waals surface area contributed by atoms with E-state index in [-0.39, 0.29) is 0 Å². The number of carbonyl (C=O) groups excluding carboxylic acids is 1. The average Bonchev–Trinajstić information content (AvgIpc) is 2.59. The number of benzene rings is 1. The molecule has 0 aliphatic carbocycles. The third-order valence-corrected chi connectivity index (χ3v) is 2.24. The zero-order valence-electron chi connectivity index (χ0n) is 9.33. The van der Waals surface area contributed by atoms with E-state index in [2.05, 4.69) is 14.7 Å². The van der Waals surface area contributed by atoms with E-state index in [0.29, 0.717) is 5.75 Å². The van der Waals surface area contributed by atoms with Gasteiger partial charge in [-0.05, 0) is 25.5 Å². The van der Waals surface area contributed by atoms with Crippen LogP contribution in [0.15, 0.2) is 12.1 Å². The van der Waals surface area contributed by atoms with Gasteiger partial charge in [-0.1, -0.05) is 0 Å². The van der Waals surface area contributed by atoms with Gasteiger partial charge in [0.2, 0.25) is 0 Å². The monoisotopic (exact) mass is 220 g/mol. The van der Waals surface area contributed by atoms with E-state index in [9.17, 15) is 4.79 Å². The fourth-order valence-electron chi connectivity index (χ4n) is 1.58. The molecule has 0 atom stereocenters. The first-order chi connectivity index (χ1) is 7.60. The van der Waals surface area contributed by atoms with Crippen LogP contribution in [-0.2, 0) is 4.74 Å². The lowest BCUT2D eigenvalue weighted by Gasteiger charge is -2.03. The molecule has 84 valence electrons. The summed E-state index contributed by atoms with van der Waals surface area (Å²) in [5.74, 6) is 1.27. The maximum Gasteiger partial charge on any atom is 0.513 e. The SMILES string of the molecule is COC(=O)Oc1cc(C)c2nc(C)[nH]c2c1. The van der Waals surface area contributed by atoms with E-state index in [1.165, 1.54) is 7.11 Å². The lowest BCUT2D eigenvalue weighted by atomic mass is 10.2. The smallest absolute Gasteiger partial charge is 0.437 e. The molecule has 5 nitrogen and oxygen atoms in total. The van der Waals surface area contributed by atoms with Crippen LogP contribution in [0.5, 0.6) is 5.75 Å². The molecule has 0 saturated heterocycles. The molecule has 0 amide bonds. The van der Waals surface area contributed by atoms with Gasteiger partial charge in [0.05, 0.1) is 18.1 Å². The van der Waals surface area contributed by atoms with Crippen molar-refractivity contribution in [3.05, 3.63) is 23.5 Å². The van der Waals surface area contributed by atoms with Crippen LogP contribution in [0.2, 0.25) is 0 Å². The van der Waals surface area contributed by atoms with Crippen LogP contribution in [0.4, 0.5) is 4.79 Å². The van der Waals surface area contributed by atoms with Crippen molar-refractivity contribution in [1.29, 1.82) is 0 Å². The summed E-state index contributed by atoms with van der Waals surface area (Å²) in [6, 6.07) is 3.47. The highest BCUT2D eigenvalue weighted by atomic mass is 16.7. The second-order valence-electron chi connectivity index (χ2n) is 3.51. The molecule has 0 radical (unpaired) electrons. The fourth-order valence-corrected chi connectivity index (χ4v) is 1.58. The van der Waals surface area contributed by atoms with Gasteiger partial charge in [0, 0.05) is 6.07 Å². The number of H-pyrrole nitrogens is 1. The van der Waals surface area contributed by atoms with Crippen molar-refractivity contribution in [1.82, 2.24) is 9.97 Å². The van der Waals surface area contributed by atoms with Crippen LogP contribution in [0.25, 0.3) is 11.0 Å². The molecule has 1 N–H and O–H groups in total. The number of methoxy groups -OCH3 is 1. The Morgan fingerprint density at radius 3 is 2.81 bits per heavy atom. The molecule has 2 aromatic rings. The lowest BCUT2D eigenvalue weighted by molar-refractivity contribution is 0.121. The van der Waals surface area contributed by atoms with Crippen LogP contribution in [0.3, 0.4) is 0 Å². The highest BCUT2D eigenvalue weighted by Gasteiger charge is 2.09. The maximum absolute atomic E-state index is 11.0. The number of aryl methyl sites for hydroxylation is 2. The van der Waals surface area contributed by atoms with Gasteiger partial charge in [-0.15, -0.1) is 0 Å². The second-order valence-corrected chi connectivity index (χ2v) is 3.51. The third kappa shape index (κ3) is 1.84. The predicted molar refractivity (Wildman–Crippen MR) is 58.6 cm³/mol. The number of imidazole rings is 1. The number of aromatic amines is 1. The van der Waals surface area contributed by atoms with E-state index in [1.807, 2.05) is 13.8 Å². The van der Waals surface area contributed by atoms with Crippen LogP contribution < -0.4 is 4.74 Å². The van der Waals surface area contributed by atoms with Gasteiger partial charge >= 0.3 is 6.16 Å². The zero-order chi connectivity index (χ0) is 11.7. The Hall–Kier alpha value is -2.04. The molecule has 0 unspecified atom stereocenters. The zero-order valence-corrected chi connectivity index (χ0v) is 9.33. The average molecular weight is 220 g/mol. The molecule has 0 spiro atoms. The summed E-state index contributed by atoms with van der Waals surface area (Å²) in [5, 5.41) is 0. The summed E-state index contributed by atoms with van der Waals surface area (Å²) in [5.41, 5.74) is 2.67. The number of hydrogen-bond donors (Lipinski definition) is 1. The van der Waals surface area contributed by atoms with Crippen molar-refractivity contribution < 1.29 is 14.3 Å². The molecule has 1 aromatic carbocycles. The number of carbonyl (C=O) groups is 1. The molecular weight excluding hydrogens is 208 g/mol. The summed E-state index contributed by atoms with van der Waals surface area (Å²) in [4.78, 5) is 18.4. The molecule has 5 heteroatoms. The molecular formula is C11H12N2O3. The normalized spacial score (nSPS) is 10.4. The summed E-state index contributed by atoms with van der Waals surface area (Å²) in [6.07, 6.45) is -0.727. The Morgan fingerprint density at radius 1 is 1.38 bits per heavy atom. The van der Waals surface area contributed by atoms with Crippen molar-refractivity contribution >= 4 is 17.2 Å². The maximum atomic E-state index is 11.0. The first-order valence-corrected chi connectivity index (χ1v) is 4.83. The fraction of sp³-hybridized carbons (Fsp3) is 0.273. The number of aromatic nitrogens is 2. The van der Waals surface area contributed by atoms with Crippen molar-refractivity contribution in [2.75, 3.05) is 7.11 Å². The van der Waals surface area contributed by atoms with Gasteiger partial charge in [-0.3, -0.25) is 0 Å². The number of hydrogen-bond acceptors (Lipinski definition) is 4. The molecule has 0 bridgehead atoms. The number of fused-ring (bicyclic) bond motifs is 1. The molecule has 2 rings (SSSR count). The predicted octanol–water partition coefficient (Wildman–Crippen LogP) is 2.32. The Kier molecular flexibility index (Phi) is 2.52. The Balaban J connectivity index is 2.45. The van der Waals surface area contributed by atoms with Crippen molar-refractivity contribution in [2.45, 2.75) is 13.8 Å². The van der Waals surface area contributed by atoms with Crippen LogP contribution in [0, 0.1) is 13.8 Å². The summed E-state index contributed by atoms with van der Waals surface area (Å²) in [6.45, 7) is 3.78. The van der Waals surface area contributed by atoms with Gasteiger partial charge in [0.25, 0.3) is 0 Å². The highest BCUT2D eigenvalue weighted by Crippen LogP contribution is 2.23. The van der Waals surface area contributed by atoms with Crippen LogP contribution >= 0.6 is 0 Å². The molecule has 0 aliphatic heterocycles. The second kappa shape index (κ2) is 3.84. The first-order valence-electron chi connectivity index (χ1n) is 4.83.